The molecular formula is C13H13F2N3O2. The zero-order valence-electron chi connectivity index (χ0n) is 10.9. The fourth-order valence-electron chi connectivity index (χ4n) is 1.66. The Morgan fingerprint density at radius 2 is 2.15 bits per heavy atom. The minimum Gasteiger partial charge on any atom is -0.433 e. The summed E-state index contributed by atoms with van der Waals surface area (Å²) in [7, 11) is 1.68. The molecule has 1 amide bonds. The second-order valence-electron chi connectivity index (χ2n) is 4.21. The maximum atomic E-state index is 12.3. The van der Waals surface area contributed by atoms with Crippen molar-refractivity contribution in [1.82, 2.24) is 9.78 Å². The number of nitrogens with one attached hydrogen (secondary N) is 1. The molecule has 1 aromatic carbocycles. The van der Waals surface area contributed by atoms with E-state index in [9.17, 15) is 13.6 Å². The number of nitrogens with zero attached hydrogens (tertiary/aromatic N) is 2. The number of alkyl halides is 2. The lowest BCUT2D eigenvalue weighted by molar-refractivity contribution is -0.0493. The van der Waals surface area contributed by atoms with E-state index in [0.717, 1.165) is 5.56 Å². The van der Waals surface area contributed by atoms with Crippen LogP contribution in [0.5, 0.6) is 5.75 Å². The molecule has 0 saturated carbocycles. The van der Waals surface area contributed by atoms with Crippen LogP contribution in [0.2, 0.25) is 0 Å². The van der Waals surface area contributed by atoms with Gasteiger partial charge in [0.1, 0.15) is 5.75 Å². The third kappa shape index (κ3) is 3.31. The number of hydrogen-bond acceptors (Lipinski definition) is 3. The van der Waals surface area contributed by atoms with E-state index in [4.69, 9.17) is 0 Å². The van der Waals surface area contributed by atoms with Crippen LogP contribution in [0.3, 0.4) is 0 Å². The van der Waals surface area contributed by atoms with Gasteiger partial charge in [-0.1, -0.05) is 6.07 Å². The van der Waals surface area contributed by atoms with Crippen LogP contribution in [-0.2, 0) is 7.05 Å². The number of benzene rings is 1. The number of aryl methyl sites for hydroxylation is 2. The molecular weight excluding hydrogens is 268 g/mol. The standard InChI is InChI=1S/C13H13F2N3O2/c1-8-3-4-11(20-13(14)15)10(7-8)16-12(19)9-5-6-18(2)17-9/h3-7,13H,1-2H3,(H,16,19). The Morgan fingerprint density at radius 3 is 2.75 bits per heavy atom. The predicted octanol–water partition coefficient (Wildman–Crippen LogP) is 2.58. The number of halogens is 2. The van der Waals surface area contributed by atoms with E-state index in [0.29, 0.717) is 0 Å². The maximum absolute atomic E-state index is 12.3. The quantitative estimate of drug-likeness (QED) is 0.937. The highest BCUT2D eigenvalue weighted by molar-refractivity contribution is 6.03. The highest BCUT2D eigenvalue weighted by Crippen LogP contribution is 2.27. The number of carbonyl (C=O) groups excluding carboxylic acids is 1. The van der Waals surface area contributed by atoms with Gasteiger partial charge in [0.2, 0.25) is 0 Å². The number of rotatable bonds is 4. The molecule has 20 heavy (non-hydrogen) atoms. The Balaban J connectivity index is 2.23. The summed E-state index contributed by atoms with van der Waals surface area (Å²) in [6.45, 7) is -1.18. The average Bonchev–Trinajstić information content (AvgIpc) is 2.79. The van der Waals surface area contributed by atoms with Crippen LogP contribution in [0, 0.1) is 6.92 Å². The highest BCUT2D eigenvalue weighted by Gasteiger charge is 2.14. The number of amides is 1. The highest BCUT2D eigenvalue weighted by atomic mass is 19.3. The number of hydrogen-bond donors (Lipinski definition) is 1. The SMILES string of the molecule is Cc1ccc(OC(F)F)c(NC(=O)c2ccn(C)n2)c1. The first-order chi connectivity index (χ1) is 9.45. The average molecular weight is 281 g/mol. The molecule has 1 aromatic heterocycles. The first-order valence-corrected chi connectivity index (χ1v) is 5.82. The van der Waals surface area contributed by atoms with E-state index >= 15 is 0 Å². The molecule has 1 heterocycles. The minimum absolute atomic E-state index is 0.0881. The molecule has 0 atom stereocenters. The van der Waals surface area contributed by atoms with E-state index < -0.39 is 12.5 Å². The van der Waals surface area contributed by atoms with Gasteiger partial charge in [-0.2, -0.15) is 13.9 Å². The molecule has 0 radical (unpaired) electrons. The molecule has 0 unspecified atom stereocenters. The number of carbonyl (C=O) groups is 1. The fraction of sp³-hybridized carbons (Fsp3) is 0.231. The monoisotopic (exact) mass is 281 g/mol. The third-order valence-corrected chi connectivity index (χ3v) is 2.55. The molecule has 0 aliphatic rings. The van der Waals surface area contributed by atoms with E-state index in [-0.39, 0.29) is 17.1 Å². The summed E-state index contributed by atoms with van der Waals surface area (Å²) in [4.78, 5) is 11.9. The van der Waals surface area contributed by atoms with Gasteiger partial charge in [0.25, 0.3) is 5.91 Å². The molecule has 0 spiro atoms. The smallest absolute Gasteiger partial charge is 0.387 e. The fourth-order valence-corrected chi connectivity index (χ4v) is 1.66. The normalized spacial score (nSPS) is 10.7. The van der Waals surface area contributed by atoms with Crippen LogP contribution in [0.15, 0.2) is 30.5 Å². The van der Waals surface area contributed by atoms with Gasteiger partial charge < -0.3 is 10.1 Å². The van der Waals surface area contributed by atoms with Gasteiger partial charge in [-0.3, -0.25) is 9.48 Å². The third-order valence-electron chi connectivity index (χ3n) is 2.55. The summed E-state index contributed by atoms with van der Waals surface area (Å²) in [5, 5.41) is 6.45. The Kier molecular flexibility index (Phi) is 3.97. The van der Waals surface area contributed by atoms with E-state index in [1.807, 2.05) is 0 Å². The maximum Gasteiger partial charge on any atom is 0.387 e. The lowest BCUT2D eigenvalue weighted by atomic mass is 10.2. The first kappa shape index (κ1) is 14.0. The van der Waals surface area contributed by atoms with Crippen LogP contribution in [-0.4, -0.2) is 22.3 Å². The molecule has 2 rings (SSSR count). The van der Waals surface area contributed by atoms with Gasteiger partial charge in [-0.15, -0.1) is 0 Å². The summed E-state index contributed by atoms with van der Waals surface area (Å²) in [5.74, 6) is -0.579. The van der Waals surface area contributed by atoms with Crippen molar-refractivity contribution in [3.63, 3.8) is 0 Å². The Hall–Kier alpha value is -2.44. The van der Waals surface area contributed by atoms with Crippen molar-refractivity contribution in [2.45, 2.75) is 13.5 Å². The molecule has 0 saturated heterocycles. The topological polar surface area (TPSA) is 56.1 Å². The first-order valence-electron chi connectivity index (χ1n) is 5.82. The van der Waals surface area contributed by atoms with Gasteiger partial charge >= 0.3 is 6.61 Å². The Bertz CT molecular complexity index is 626. The Morgan fingerprint density at radius 1 is 1.40 bits per heavy atom. The summed E-state index contributed by atoms with van der Waals surface area (Å²) >= 11 is 0. The molecule has 1 N–H and O–H groups in total. The van der Waals surface area contributed by atoms with Crippen molar-refractivity contribution in [3.05, 3.63) is 41.7 Å². The molecule has 5 nitrogen and oxygen atoms in total. The van der Waals surface area contributed by atoms with Gasteiger partial charge in [0.05, 0.1) is 5.69 Å². The van der Waals surface area contributed by atoms with Gasteiger partial charge in [0, 0.05) is 13.2 Å². The van der Waals surface area contributed by atoms with Crippen LogP contribution in [0.25, 0.3) is 0 Å². The molecule has 0 fully saturated rings. The molecule has 7 heteroatoms. The van der Waals surface area contributed by atoms with Crippen molar-refractivity contribution in [3.8, 4) is 5.75 Å². The van der Waals surface area contributed by atoms with Crippen LogP contribution < -0.4 is 10.1 Å². The van der Waals surface area contributed by atoms with Crippen molar-refractivity contribution in [2.24, 2.45) is 7.05 Å². The van der Waals surface area contributed by atoms with E-state index in [2.05, 4.69) is 15.2 Å². The summed E-state index contributed by atoms with van der Waals surface area (Å²) < 4.78 is 30.5. The van der Waals surface area contributed by atoms with Crippen molar-refractivity contribution in [1.29, 1.82) is 0 Å². The lowest BCUT2D eigenvalue weighted by Gasteiger charge is -2.12. The van der Waals surface area contributed by atoms with E-state index in [1.54, 1.807) is 32.3 Å². The number of aromatic nitrogens is 2. The minimum atomic E-state index is -2.96. The molecule has 0 aliphatic carbocycles. The zero-order valence-corrected chi connectivity index (χ0v) is 10.9. The summed E-state index contributed by atoms with van der Waals surface area (Å²) in [6, 6.07) is 6.08. The molecule has 2 aromatic rings. The molecule has 106 valence electrons. The second-order valence-corrected chi connectivity index (χ2v) is 4.21. The number of anilines is 1. The van der Waals surface area contributed by atoms with Crippen LogP contribution in [0.4, 0.5) is 14.5 Å². The zero-order chi connectivity index (χ0) is 14.7. The Labute approximate surface area is 114 Å². The van der Waals surface area contributed by atoms with Crippen molar-refractivity contribution < 1.29 is 18.3 Å². The lowest BCUT2D eigenvalue weighted by Crippen LogP contribution is -2.15. The van der Waals surface area contributed by atoms with E-state index in [1.165, 1.54) is 16.8 Å². The van der Waals surface area contributed by atoms with Crippen LogP contribution >= 0.6 is 0 Å². The molecule has 0 bridgehead atoms. The van der Waals surface area contributed by atoms with Gasteiger partial charge in [-0.05, 0) is 30.7 Å². The summed E-state index contributed by atoms with van der Waals surface area (Å²) in [5.41, 5.74) is 1.18. The number of ether oxygens (including phenoxy) is 1. The predicted molar refractivity (Wildman–Crippen MR) is 69.0 cm³/mol. The molecule has 0 aliphatic heterocycles. The van der Waals surface area contributed by atoms with Gasteiger partial charge in [0.15, 0.2) is 5.69 Å². The second kappa shape index (κ2) is 5.68. The van der Waals surface area contributed by atoms with Crippen LogP contribution in [0.1, 0.15) is 16.1 Å². The summed E-state index contributed by atoms with van der Waals surface area (Å²) in [6.07, 6.45) is 1.61. The van der Waals surface area contributed by atoms with Crippen molar-refractivity contribution in [2.75, 3.05) is 5.32 Å². The van der Waals surface area contributed by atoms with Gasteiger partial charge in [-0.25, -0.2) is 0 Å². The largest absolute Gasteiger partial charge is 0.433 e. The van der Waals surface area contributed by atoms with Crippen molar-refractivity contribution >= 4 is 11.6 Å².